The van der Waals surface area contributed by atoms with E-state index in [4.69, 9.17) is 33.5 Å². The molecule has 22 nitrogen and oxygen atoms in total. The number of rotatable bonds is 16. The van der Waals surface area contributed by atoms with Crippen LogP contribution in [-0.2, 0) is 28.4 Å². The molecule has 0 saturated carbocycles. The molecule has 296 valence electrons. The molecule has 0 aromatic carbocycles. The minimum atomic E-state index is -2.21. The predicted octanol–water partition coefficient (Wildman–Crippen LogP) is -9.58. The molecule has 0 aromatic heterocycles. The molecular formula is C28H52O22. The van der Waals surface area contributed by atoms with Gasteiger partial charge in [0.2, 0.25) is 0 Å². The van der Waals surface area contributed by atoms with Gasteiger partial charge >= 0.3 is 0 Å². The second kappa shape index (κ2) is 18.9. The van der Waals surface area contributed by atoms with Gasteiger partial charge in [0.1, 0.15) is 91.6 Å². The molecule has 0 radical (unpaired) electrons. The molecule has 3 aliphatic rings. The first-order valence-electron chi connectivity index (χ1n) is 16.0. The van der Waals surface area contributed by atoms with Gasteiger partial charge in [0.25, 0.3) is 0 Å². The summed E-state index contributed by atoms with van der Waals surface area (Å²) in [4.78, 5) is 0. The quantitative estimate of drug-likeness (QED) is 0.0698. The average Bonchev–Trinajstić information content (AvgIpc) is 3.10. The highest BCUT2D eigenvalue weighted by Crippen LogP contribution is 2.33. The van der Waals surface area contributed by atoms with Crippen LogP contribution in [0.15, 0.2) is 0 Å². The van der Waals surface area contributed by atoms with Crippen LogP contribution in [0.3, 0.4) is 0 Å². The maximum atomic E-state index is 11.2. The zero-order chi connectivity index (χ0) is 37.8. The van der Waals surface area contributed by atoms with Gasteiger partial charge in [0.05, 0.1) is 44.2 Å². The lowest BCUT2D eigenvalue weighted by molar-refractivity contribution is -0.371. The summed E-state index contributed by atoms with van der Waals surface area (Å²) in [5.41, 5.74) is 0. The van der Waals surface area contributed by atoms with Crippen LogP contribution in [0.5, 0.6) is 0 Å². The average molecular weight is 741 g/mol. The topological polar surface area (TPSA) is 379 Å². The van der Waals surface area contributed by atoms with Gasteiger partial charge in [-0.2, -0.15) is 0 Å². The molecular weight excluding hydrogens is 688 g/mol. The van der Waals surface area contributed by atoms with Crippen LogP contribution in [0, 0.1) is 0 Å². The van der Waals surface area contributed by atoms with Gasteiger partial charge in [-0.25, -0.2) is 0 Å². The first-order valence-corrected chi connectivity index (χ1v) is 16.0. The molecule has 50 heavy (non-hydrogen) atoms. The molecule has 0 aromatic rings. The van der Waals surface area contributed by atoms with E-state index in [0.29, 0.717) is 0 Å². The lowest BCUT2D eigenvalue weighted by atomic mass is 9.94. The summed E-state index contributed by atoms with van der Waals surface area (Å²) in [6.07, 6.45) is -41.2. The first-order chi connectivity index (χ1) is 23.4. The van der Waals surface area contributed by atoms with E-state index in [1.807, 2.05) is 0 Å². The van der Waals surface area contributed by atoms with E-state index in [1.165, 1.54) is 13.8 Å². The lowest BCUT2D eigenvalue weighted by Crippen LogP contribution is -2.65. The number of aliphatic hydroxyl groups excluding tert-OH is 16. The highest BCUT2D eigenvalue weighted by atomic mass is 16.8. The molecule has 0 spiro atoms. The SMILES string of the molecule is CC1OC(OC2C(O)C(CO)OC(OC(C(O)CO)[C@@H](CC(O)C(O)C(O)C(O)CO)OC3OC(C)C(O)C(O)C3O)C2O)C(O)C(O)C1O. The molecule has 0 bridgehead atoms. The van der Waals surface area contributed by atoms with Crippen molar-refractivity contribution in [1.82, 2.24) is 0 Å². The molecule has 22 atom stereocenters. The smallest absolute Gasteiger partial charge is 0.187 e. The lowest BCUT2D eigenvalue weighted by Gasteiger charge is -2.47. The van der Waals surface area contributed by atoms with E-state index in [-0.39, 0.29) is 0 Å². The van der Waals surface area contributed by atoms with Crippen molar-refractivity contribution in [2.75, 3.05) is 19.8 Å². The van der Waals surface area contributed by atoms with Gasteiger partial charge in [-0.1, -0.05) is 0 Å². The van der Waals surface area contributed by atoms with Crippen LogP contribution in [-0.4, -0.2) is 236 Å². The summed E-state index contributed by atoms with van der Waals surface area (Å²) >= 11 is 0. The van der Waals surface area contributed by atoms with Crippen molar-refractivity contribution < 1.29 is 110 Å². The van der Waals surface area contributed by atoms with Crippen LogP contribution < -0.4 is 0 Å². The molecule has 3 fully saturated rings. The molecule has 0 amide bonds. The monoisotopic (exact) mass is 740 g/mol. The van der Waals surface area contributed by atoms with Gasteiger partial charge in [-0.3, -0.25) is 0 Å². The Labute approximate surface area is 285 Å². The van der Waals surface area contributed by atoms with E-state index in [9.17, 15) is 76.6 Å². The minimum Gasteiger partial charge on any atom is -0.394 e. The maximum absolute atomic E-state index is 11.2. The fourth-order valence-corrected chi connectivity index (χ4v) is 5.80. The number of aliphatic hydroxyl groups is 16. The van der Waals surface area contributed by atoms with Crippen LogP contribution in [0.25, 0.3) is 0 Å². The fraction of sp³-hybridized carbons (Fsp3) is 1.00. The van der Waals surface area contributed by atoms with Crippen molar-refractivity contribution in [2.45, 2.75) is 155 Å². The predicted molar refractivity (Wildman–Crippen MR) is 156 cm³/mol. The van der Waals surface area contributed by atoms with Crippen molar-refractivity contribution in [3.05, 3.63) is 0 Å². The van der Waals surface area contributed by atoms with Gasteiger partial charge < -0.3 is 110 Å². The zero-order valence-corrected chi connectivity index (χ0v) is 27.1. The normalized spacial score (nSPS) is 44.2. The Kier molecular flexibility index (Phi) is 16.5. The second-order valence-corrected chi connectivity index (χ2v) is 12.7. The third-order valence-corrected chi connectivity index (χ3v) is 9.06. The third kappa shape index (κ3) is 9.80. The molecule has 0 aliphatic carbocycles. The largest absolute Gasteiger partial charge is 0.394 e. The molecule has 3 aliphatic heterocycles. The zero-order valence-electron chi connectivity index (χ0n) is 27.1. The summed E-state index contributed by atoms with van der Waals surface area (Å²) < 4.78 is 33.3. The van der Waals surface area contributed by atoms with Gasteiger partial charge in [-0.15, -0.1) is 0 Å². The summed E-state index contributed by atoms with van der Waals surface area (Å²) in [6, 6.07) is 0. The van der Waals surface area contributed by atoms with Crippen molar-refractivity contribution >= 4 is 0 Å². The molecule has 22 heteroatoms. The van der Waals surface area contributed by atoms with E-state index in [2.05, 4.69) is 0 Å². The van der Waals surface area contributed by atoms with Gasteiger partial charge in [0, 0.05) is 6.42 Å². The molecule has 3 rings (SSSR count). The molecule has 3 heterocycles. The Morgan fingerprint density at radius 2 is 1.00 bits per heavy atom. The molecule has 16 N–H and O–H groups in total. The van der Waals surface area contributed by atoms with Gasteiger partial charge in [0.15, 0.2) is 18.9 Å². The van der Waals surface area contributed by atoms with Crippen LogP contribution >= 0.6 is 0 Å². The summed E-state index contributed by atoms with van der Waals surface area (Å²) in [5, 5.41) is 165. The standard InChI is InChI=1S/C28H52O22/c1-7-14(35)19(40)21(42)26(45-7)47-12(3-9(32)16(37)17(38)10(33)4-29)24(11(34)5-30)49-28-23(44)25(18(39)13(6-31)48-28)50-27-22(43)20(41)15(36)8(2)46-27/h7-44H,3-6H2,1-2H3/t7?,8?,9?,10?,11?,12-,13?,14?,15?,16?,17?,18?,19?,20?,21?,22?,23?,24?,25?,26?,27?,28?/m1/s1. The second-order valence-electron chi connectivity index (χ2n) is 12.7. The third-order valence-electron chi connectivity index (χ3n) is 9.06. The van der Waals surface area contributed by atoms with E-state index in [0.717, 1.165) is 0 Å². The van der Waals surface area contributed by atoms with Crippen molar-refractivity contribution in [3.63, 3.8) is 0 Å². The number of ether oxygens (including phenoxy) is 6. The van der Waals surface area contributed by atoms with Crippen LogP contribution in [0.4, 0.5) is 0 Å². The van der Waals surface area contributed by atoms with Crippen molar-refractivity contribution in [1.29, 1.82) is 0 Å². The summed E-state index contributed by atoms with van der Waals surface area (Å²) in [5.74, 6) is 0. The van der Waals surface area contributed by atoms with Crippen molar-refractivity contribution in [3.8, 4) is 0 Å². The molecule has 3 saturated heterocycles. The van der Waals surface area contributed by atoms with E-state index in [1.54, 1.807) is 0 Å². The minimum absolute atomic E-state index is 0.910. The van der Waals surface area contributed by atoms with Crippen LogP contribution in [0.1, 0.15) is 20.3 Å². The first kappa shape index (κ1) is 43.5. The van der Waals surface area contributed by atoms with E-state index >= 15 is 0 Å². The number of hydrogen-bond donors (Lipinski definition) is 16. The Hall–Kier alpha value is -0.880. The number of hydrogen-bond acceptors (Lipinski definition) is 22. The summed E-state index contributed by atoms with van der Waals surface area (Å²) in [6.45, 7) is -0.468. The van der Waals surface area contributed by atoms with Crippen molar-refractivity contribution in [2.24, 2.45) is 0 Å². The highest BCUT2D eigenvalue weighted by Gasteiger charge is 2.52. The highest BCUT2D eigenvalue weighted by molar-refractivity contribution is 4.96. The molecule has 21 unspecified atom stereocenters. The Balaban J connectivity index is 1.95. The fourth-order valence-electron chi connectivity index (χ4n) is 5.80. The maximum Gasteiger partial charge on any atom is 0.187 e. The Morgan fingerprint density at radius 1 is 0.520 bits per heavy atom. The van der Waals surface area contributed by atoms with Crippen LogP contribution in [0.2, 0.25) is 0 Å². The Morgan fingerprint density at radius 3 is 1.52 bits per heavy atom. The summed E-state index contributed by atoms with van der Waals surface area (Å²) in [7, 11) is 0. The van der Waals surface area contributed by atoms with Gasteiger partial charge in [-0.05, 0) is 13.8 Å². The van der Waals surface area contributed by atoms with E-state index < -0.39 is 161 Å². The Bertz CT molecular complexity index is 999.